The van der Waals surface area contributed by atoms with E-state index < -0.39 is 5.54 Å². The van der Waals surface area contributed by atoms with Crippen LogP contribution in [0.3, 0.4) is 0 Å². The van der Waals surface area contributed by atoms with Crippen molar-refractivity contribution < 1.29 is 9.59 Å². The Hall–Kier alpha value is -1.85. The Bertz CT molecular complexity index is 572. The van der Waals surface area contributed by atoms with Crippen molar-refractivity contribution in [2.75, 3.05) is 6.54 Å². The SMILES string of the molecule is Cc1cc(CN2CCC(=O)NC3(CCCC3)C2=O)n(C)n1. The number of hydrogen-bond acceptors (Lipinski definition) is 3. The number of aryl methyl sites for hydroxylation is 2. The third-order valence-electron chi connectivity index (χ3n) is 4.59. The Labute approximate surface area is 124 Å². The molecule has 1 aliphatic carbocycles. The fourth-order valence-electron chi connectivity index (χ4n) is 3.50. The van der Waals surface area contributed by atoms with Crippen LogP contribution >= 0.6 is 0 Å². The molecule has 2 heterocycles. The van der Waals surface area contributed by atoms with E-state index >= 15 is 0 Å². The number of nitrogens with one attached hydrogen (secondary N) is 1. The molecule has 0 radical (unpaired) electrons. The molecule has 0 atom stereocenters. The Balaban J connectivity index is 1.85. The van der Waals surface area contributed by atoms with Crippen molar-refractivity contribution in [1.29, 1.82) is 0 Å². The maximum absolute atomic E-state index is 12.9. The van der Waals surface area contributed by atoms with Crippen LogP contribution in [0.1, 0.15) is 43.5 Å². The summed E-state index contributed by atoms with van der Waals surface area (Å²) < 4.78 is 1.81. The van der Waals surface area contributed by atoms with Gasteiger partial charge in [-0.25, -0.2) is 0 Å². The third-order valence-corrected chi connectivity index (χ3v) is 4.59. The third kappa shape index (κ3) is 2.54. The van der Waals surface area contributed by atoms with Crippen LogP contribution in [0.15, 0.2) is 6.07 Å². The maximum Gasteiger partial charge on any atom is 0.248 e. The summed E-state index contributed by atoms with van der Waals surface area (Å²) >= 11 is 0. The Morgan fingerprint density at radius 2 is 2.05 bits per heavy atom. The van der Waals surface area contributed by atoms with E-state index in [4.69, 9.17) is 0 Å². The van der Waals surface area contributed by atoms with E-state index in [9.17, 15) is 9.59 Å². The van der Waals surface area contributed by atoms with Gasteiger partial charge in [0.25, 0.3) is 0 Å². The minimum absolute atomic E-state index is 0.00561. The zero-order valence-corrected chi connectivity index (χ0v) is 12.7. The van der Waals surface area contributed by atoms with Crippen molar-refractivity contribution in [1.82, 2.24) is 20.0 Å². The highest BCUT2D eigenvalue weighted by Gasteiger charge is 2.46. The number of amides is 2. The van der Waals surface area contributed by atoms with Gasteiger partial charge in [0, 0.05) is 20.0 Å². The summed E-state index contributed by atoms with van der Waals surface area (Å²) in [6, 6.07) is 1.99. The van der Waals surface area contributed by atoms with Gasteiger partial charge in [-0.1, -0.05) is 12.8 Å². The lowest BCUT2D eigenvalue weighted by molar-refractivity contribution is -0.139. The molecule has 6 nitrogen and oxygen atoms in total. The second-order valence-corrected chi connectivity index (χ2v) is 6.21. The molecule has 21 heavy (non-hydrogen) atoms. The van der Waals surface area contributed by atoms with Crippen molar-refractivity contribution in [3.8, 4) is 0 Å². The first-order valence-electron chi connectivity index (χ1n) is 7.60. The first kappa shape index (κ1) is 14.1. The first-order chi connectivity index (χ1) is 10.00. The monoisotopic (exact) mass is 290 g/mol. The molecule has 3 rings (SSSR count). The molecule has 0 unspecified atom stereocenters. The topological polar surface area (TPSA) is 67.2 Å². The summed E-state index contributed by atoms with van der Waals surface area (Å²) in [6.07, 6.45) is 3.91. The Morgan fingerprint density at radius 3 is 2.67 bits per heavy atom. The predicted octanol–water partition coefficient (Wildman–Crippen LogP) is 0.890. The molecule has 1 aliphatic heterocycles. The van der Waals surface area contributed by atoms with Crippen LogP contribution in [0.2, 0.25) is 0 Å². The summed E-state index contributed by atoms with van der Waals surface area (Å²) in [7, 11) is 1.89. The fourth-order valence-corrected chi connectivity index (χ4v) is 3.50. The molecule has 1 saturated heterocycles. The second kappa shape index (κ2) is 5.16. The van der Waals surface area contributed by atoms with E-state index in [-0.39, 0.29) is 11.8 Å². The highest BCUT2D eigenvalue weighted by Crippen LogP contribution is 2.33. The predicted molar refractivity (Wildman–Crippen MR) is 77.3 cm³/mol. The van der Waals surface area contributed by atoms with Crippen molar-refractivity contribution in [2.45, 2.75) is 51.1 Å². The molecule has 114 valence electrons. The molecule has 2 aliphatic rings. The van der Waals surface area contributed by atoms with Gasteiger partial charge >= 0.3 is 0 Å². The summed E-state index contributed by atoms with van der Waals surface area (Å²) in [5.74, 6) is 0.0682. The first-order valence-corrected chi connectivity index (χ1v) is 7.60. The normalized spacial score (nSPS) is 21.7. The van der Waals surface area contributed by atoms with Crippen molar-refractivity contribution in [3.63, 3.8) is 0 Å². The second-order valence-electron chi connectivity index (χ2n) is 6.21. The molecule has 1 aromatic heterocycles. The Kier molecular flexibility index (Phi) is 3.47. The molecule has 1 saturated carbocycles. The fraction of sp³-hybridized carbons (Fsp3) is 0.667. The number of hydrogen-bond donors (Lipinski definition) is 1. The van der Waals surface area contributed by atoms with Crippen LogP contribution in [0.5, 0.6) is 0 Å². The van der Waals surface area contributed by atoms with Crippen LogP contribution in [0.4, 0.5) is 0 Å². The minimum Gasteiger partial charge on any atom is -0.342 e. The van der Waals surface area contributed by atoms with Crippen LogP contribution < -0.4 is 5.32 Å². The van der Waals surface area contributed by atoms with E-state index in [1.165, 1.54) is 0 Å². The summed E-state index contributed by atoms with van der Waals surface area (Å²) in [6.45, 7) is 2.95. The van der Waals surface area contributed by atoms with Gasteiger partial charge in [0.1, 0.15) is 5.54 Å². The molecule has 1 aromatic rings. The number of rotatable bonds is 2. The standard InChI is InChI=1S/C15H22N4O2/c1-11-9-12(18(2)17-11)10-19-8-5-13(20)16-15(14(19)21)6-3-4-7-15/h9H,3-8,10H2,1-2H3,(H,16,20). The molecule has 6 heteroatoms. The Morgan fingerprint density at radius 1 is 1.33 bits per heavy atom. The quantitative estimate of drug-likeness (QED) is 0.879. The lowest BCUT2D eigenvalue weighted by Gasteiger charge is -2.31. The van der Waals surface area contributed by atoms with Gasteiger partial charge in [-0.05, 0) is 25.8 Å². The van der Waals surface area contributed by atoms with E-state index in [0.717, 1.165) is 37.1 Å². The summed E-state index contributed by atoms with van der Waals surface area (Å²) in [5.41, 5.74) is 1.30. The molecule has 0 aromatic carbocycles. The molecule has 0 bridgehead atoms. The summed E-state index contributed by atoms with van der Waals surface area (Å²) in [5, 5.41) is 7.31. The molecule has 2 fully saturated rings. The molecule has 2 amide bonds. The number of aromatic nitrogens is 2. The van der Waals surface area contributed by atoms with Crippen LogP contribution in [-0.2, 0) is 23.2 Å². The van der Waals surface area contributed by atoms with Crippen LogP contribution in [0, 0.1) is 6.92 Å². The lowest BCUT2D eigenvalue weighted by Crippen LogP contribution is -2.55. The zero-order valence-electron chi connectivity index (χ0n) is 12.7. The number of nitrogens with zero attached hydrogens (tertiary/aromatic N) is 3. The minimum atomic E-state index is -0.652. The zero-order chi connectivity index (χ0) is 15.0. The van der Waals surface area contributed by atoms with Gasteiger partial charge in [-0.2, -0.15) is 5.10 Å². The van der Waals surface area contributed by atoms with Gasteiger partial charge < -0.3 is 10.2 Å². The van der Waals surface area contributed by atoms with Crippen LogP contribution in [-0.4, -0.2) is 38.6 Å². The largest absolute Gasteiger partial charge is 0.342 e. The van der Waals surface area contributed by atoms with Gasteiger partial charge in [-0.15, -0.1) is 0 Å². The van der Waals surface area contributed by atoms with Gasteiger partial charge in [0.15, 0.2) is 0 Å². The van der Waals surface area contributed by atoms with E-state index in [2.05, 4.69) is 10.4 Å². The molecular formula is C15H22N4O2. The van der Waals surface area contributed by atoms with Crippen molar-refractivity contribution in [3.05, 3.63) is 17.5 Å². The lowest BCUT2D eigenvalue weighted by atomic mass is 9.96. The van der Waals surface area contributed by atoms with Gasteiger partial charge in [-0.3, -0.25) is 14.3 Å². The van der Waals surface area contributed by atoms with Crippen molar-refractivity contribution >= 4 is 11.8 Å². The van der Waals surface area contributed by atoms with Gasteiger partial charge in [0.2, 0.25) is 11.8 Å². The highest BCUT2D eigenvalue weighted by molar-refractivity contribution is 5.93. The molecule has 1 spiro atoms. The maximum atomic E-state index is 12.9. The summed E-state index contributed by atoms with van der Waals surface area (Å²) in [4.78, 5) is 26.7. The van der Waals surface area contributed by atoms with E-state index in [1.807, 2.05) is 29.6 Å². The van der Waals surface area contributed by atoms with E-state index in [1.54, 1.807) is 0 Å². The average Bonchev–Trinajstić information content (AvgIpc) is 2.98. The van der Waals surface area contributed by atoms with Crippen LogP contribution in [0.25, 0.3) is 0 Å². The number of carbonyl (C=O) groups excluding carboxylic acids is 2. The molecular weight excluding hydrogens is 268 g/mol. The molecule has 1 N–H and O–H groups in total. The van der Waals surface area contributed by atoms with E-state index in [0.29, 0.717) is 19.5 Å². The van der Waals surface area contributed by atoms with Gasteiger partial charge in [0.05, 0.1) is 17.9 Å². The average molecular weight is 290 g/mol. The van der Waals surface area contributed by atoms with Crippen molar-refractivity contribution in [2.24, 2.45) is 7.05 Å². The number of carbonyl (C=O) groups is 2. The highest BCUT2D eigenvalue weighted by atomic mass is 16.2. The smallest absolute Gasteiger partial charge is 0.248 e.